The number of aryl methyl sites for hydroxylation is 1. The van der Waals surface area contributed by atoms with Gasteiger partial charge in [0.15, 0.2) is 11.6 Å². The summed E-state index contributed by atoms with van der Waals surface area (Å²) in [6.07, 6.45) is 2.08. The van der Waals surface area contributed by atoms with Crippen molar-refractivity contribution >= 4 is 16.5 Å². The van der Waals surface area contributed by atoms with Crippen molar-refractivity contribution in [2.45, 2.75) is 26.3 Å². The Morgan fingerprint density at radius 1 is 1.14 bits per heavy atom. The molecule has 4 rings (SSSR count). The molecular weight excluding hydrogens is 351 g/mol. The number of methoxy groups -OCH3 is 1. The first-order valence-electron chi connectivity index (χ1n) is 9.78. The highest BCUT2D eigenvalue weighted by Crippen LogP contribution is 2.32. The molecule has 0 fully saturated rings. The van der Waals surface area contributed by atoms with E-state index in [-0.39, 0.29) is 11.6 Å². The van der Waals surface area contributed by atoms with Crippen molar-refractivity contribution in [3.8, 4) is 5.75 Å². The van der Waals surface area contributed by atoms with Gasteiger partial charge in [-0.25, -0.2) is 4.39 Å². The Hall–Kier alpha value is -2.59. The number of benzene rings is 2. The van der Waals surface area contributed by atoms with E-state index >= 15 is 0 Å². The third kappa shape index (κ3) is 3.33. The average Bonchev–Trinajstić information content (AvgIpc) is 2.81. The number of nitrogens with zero attached hydrogens (tertiary/aromatic N) is 2. The second kappa shape index (κ2) is 7.44. The molecule has 0 atom stereocenters. The minimum atomic E-state index is -0.352. The van der Waals surface area contributed by atoms with Crippen molar-refractivity contribution in [2.24, 2.45) is 0 Å². The Bertz CT molecular complexity index is 1050. The number of likely N-dealkylation sites (N-methyl/N-ethyl adjacent to an activating group) is 1. The van der Waals surface area contributed by atoms with E-state index in [1.165, 1.54) is 40.9 Å². The summed E-state index contributed by atoms with van der Waals surface area (Å²) in [5.74, 6) is -0.0927. The van der Waals surface area contributed by atoms with E-state index < -0.39 is 0 Å². The maximum atomic E-state index is 14.2. The molecule has 0 radical (unpaired) electrons. The quantitative estimate of drug-likeness (QED) is 0.646. The van der Waals surface area contributed by atoms with Gasteiger partial charge in [-0.05, 0) is 61.4 Å². The fourth-order valence-electron chi connectivity index (χ4n) is 4.22. The zero-order valence-corrected chi connectivity index (χ0v) is 16.9. The van der Waals surface area contributed by atoms with Crippen molar-refractivity contribution in [3.63, 3.8) is 0 Å². The topological polar surface area (TPSA) is 17.4 Å². The van der Waals surface area contributed by atoms with E-state index in [4.69, 9.17) is 4.74 Å². The normalized spacial score (nSPS) is 14.7. The monoisotopic (exact) mass is 378 g/mol. The predicted molar refractivity (Wildman–Crippen MR) is 114 cm³/mol. The number of fused-ring (bicyclic) bond motifs is 3. The van der Waals surface area contributed by atoms with E-state index in [0.29, 0.717) is 6.54 Å². The molecule has 1 aliphatic rings. The van der Waals surface area contributed by atoms with E-state index in [2.05, 4.69) is 48.2 Å². The molecule has 0 unspecified atom stereocenters. The molecule has 0 bridgehead atoms. The molecule has 146 valence electrons. The summed E-state index contributed by atoms with van der Waals surface area (Å²) in [7, 11) is 3.66. The van der Waals surface area contributed by atoms with Crippen molar-refractivity contribution in [3.05, 3.63) is 71.2 Å². The molecule has 0 spiro atoms. The minimum Gasteiger partial charge on any atom is -0.494 e. The van der Waals surface area contributed by atoms with Crippen LogP contribution >= 0.6 is 0 Å². The molecular formula is C24H27FN2O. The lowest BCUT2D eigenvalue weighted by Crippen LogP contribution is -2.21. The second-order valence-electron chi connectivity index (χ2n) is 7.79. The highest BCUT2D eigenvalue weighted by molar-refractivity contribution is 5.87. The molecule has 0 N–H and O–H groups in total. The Balaban J connectivity index is 1.76. The molecule has 0 saturated heterocycles. The summed E-state index contributed by atoms with van der Waals surface area (Å²) in [5.41, 5.74) is 7.08. The Morgan fingerprint density at radius 2 is 1.93 bits per heavy atom. The summed E-state index contributed by atoms with van der Waals surface area (Å²) in [6.45, 7) is 9.19. The Labute approximate surface area is 166 Å². The standard InChI is InChI=1S/C24H27FN2O/c1-16-5-7-22-20(13-16)19-9-11-26(3)12-10-23(19)27(22)15-17(2)18-6-8-24(28-4)21(25)14-18/h5-8,13-14H,2,9-12,15H2,1,3-4H3. The maximum Gasteiger partial charge on any atom is 0.165 e. The highest BCUT2D eigenvalue weighted by Gasteiger charge is 2.21. The first kappa shape index (κ1) is 18.8. The van der Waals surface area contributed by atoms with E-state index in [9.17, 15) is 4.39 Å². The fraction of sp³-hybridized carbons (Fsp3) is 0.333. The smallest absolute Gasteiger partial charge is 0.165 e. The van der Waals surface area contributed by atoms with Gasteiger partial charge in [0.25, 0.3) is 0 Å². The van der Waals surface area contributed by atoms with Crippen LogP contribution in [-0.4, -0.2) is 36.7 Å². The molecule has 3 nitrogen and oxygen atoms in total. The van der Waals surface area contributed by atoms with Gasteiger partial charge >= 0.3 is 0 Å². The number of aromatic nitrogens is 1. The first-order chi connectivity index (χ1) is 13.5. The molecule has 1 aliphatic heterocycles. The molecule has 2 heterocycles. The number of halogens is 1. The average molecular weight is 378 g/mol. The first-order valence-corrected chi connectivity index (χ1v) is 9.78. The van der Waals surface area contributed by atoms with Crippen LogP contribution in [0.5, 0.6) is 5.75 Å². The predicted octanol–water partition coefficient (Wildman–Crippen LogP) is 4.84. The van der Waals surface area contributed by atoms with Crippen LogP contribution in [0.25, 0.3) is 16.5 Å². The molecule has 2 aromatic carbocycles. The van der Waals surface area contributed by atoms with E-state index in [1.807, 2.05) is 6.07 Å². The molecule has 0 amide bonds. The fourth-order valence-corrected chi connectivity index (χ4v) is 4.22. The van der Waals surface area contributed by atoms with Gasteiger partial charge in [-0.1, -0.05) is 24.3 Å². The summed E-state index contributed by atoms with van der Waals surface area (Å²) < 4.78 is 21.6. The van der Waals surface area contributed by atoms with Crippen LogP contribution in [0.4, 0.5) is 4.39 Å². The van der Waals surface area contributed by atoms with Crippen LogP contribution in [0.15, 0.2) is 43.0 Å². The summed E-state index contributed by atoms with van der Waals surface area (Å²) in [5, 5.41) is 1.35. The van der Waals surface area contributed by atoms with Gasteiger partial charge in [-0.3, -0.25) is 0 Å². The maximum absolute atomic E-state index is 14.2. The Morgan fingerprint density at radius 3 is 2.68 bits per heavy atom. The minimum absolute atomic E-state index is 0.260. The van der Waals surface area contributed by atoms with Gasteiger partial charge in [0.05, 0.1) is 7.11 Å². The highest BCUT2D eigenvalue weighted by atomic mass is 19.1. The van der Waals surface area contributed by atoms with Gasteiger partial charge in [-0.2, -0.15) is 0 Å². The zero-order valence-electron chi connectivity index (χ0n) is 16.9. The van der Waals surface area contributed by atoms with Crippen LogP contribution in [0.2, 0.25) is 0 Å². The van der Waals surface area contributed by atoms with E-state index in [0.717, 1.165) is 37.1 Å². The van der Waals surface area contributed by atoms with Crippen LogP contribution in [0, 0.1) is 12.7 Å². The number of ether oxygens (including phenoxy) is 1. The number of hydrogen-bond donors (Lipinski definition) is 0. The largest absolute Gasteiger partial charge is 0.494 e. The number of allylic oxidation sites excluding steroid dienone is 1. The molecule has 4 heteroatoms. The van der Waals surface area contributed by atoms with Gasteiger partial charge < -0.3 is 14.2 Å². The third-order valence-corrected chi connectivity index (χ3v) is 5.83. The SMILES string of the molecule is C=C(Cn1c2c(c3cc(C)ccc31)CCN(C)CC2)c1ccc(OC)c(F)c1. The van der Waals surface area contributed by atoms with Crippen LogP contribution in [0.3, 0.4) is 0 Å². The number of hydrogen-bond acceptors (Lipinski definition) is 2. The summed E-state index contributed by atoms with van der Waals surface area (Å²) >= 11 is 0. The van der Waals surface area contributed by atoms with Crippen LogP contribution in [0.1, 0.15) is 22.4 Å². The van der Waals surface area contributed by atoms with Crippen LogP contribution < -0.4 is 4.74 Å². The lowest BCUT2D eigenvalue weighted by Gasteiger charge is -2.15. The molecule has 1 aromatic heterocycles. The lowest BCUT2D eigenvalue weighted by molar-refractivity contribution is 0.351. The summed E-state index contributed by atoms with van der Waals surface area (Å²) in [6, 6.07) is 11.7. The molecule has 0 aliphatic carbocycles. The summed E-state index contributed by atoms with van der Waals surface area (Å²) in [4.78, 5) is 2.39. The Kier molecular flexibility index (Phi) is 4.98. The third-order valence-electron chi connectivity index (χ3n) is 5.83. The van der Waals surface area contributed by atoms with Gasteiger partial charge in [0.2, 0.25) is 0 Å². The van der Waals surface area contributed by atoms with Crippen molar-refractivity contribution in [1.29, 1.82) is 0 Å². The zero-order chi connectivity index (χ0) is 19.8. The van der Waals surface area contributed by atoms with Gasteiger partial charge in [-0.15, -0.1) is 0 Å². The van der Waals surface area contributed by atoms with Crippen LogP contribution in [-0.2, 0) is 19.4 Å². The lowest BCUT2D eigenvalue weighted by atomic mass is 10.1. The van der Waals surface area contributed by atoms with Gasteiger partial charge in [0, 0.05) is 42.7 Å². The van der Waals surface area contributed by atoms with E-state index in [1.54, 1.807) is 6.07 Å². The van der Waals surface area contributed by atoms with Gasteiger partial charge in [0.1, 0.15) is 0 Å². The van der Waals surface area contributed by atoms with Crippen molar-refractivity contribution in [1.82, 2.24) is 9.47 Å². The molecule has 3 aromatic rings. The van der Waals surface area contributed by atoms with Crippen molar-refractivity contribution < 1.29 is 9.13 Å². The molecule has 0 saturated carbocycles. The molecule has 28 heavy (non-hydrogen) atoms. The second-order valence-corrected chi connectivity index (χ2v) is 7.79. The van der Waals surface area contributed by atoms with Crippen molar-refractivity contribution in [2.75, 3.05) is 27.2 Å². The number of rotatable bonds is 4.